The van der Waals surface area contributed by atoms with Crippen molar-refractivity contribution in [3.05, 3.63) is 21.9 Å². The topological polar surface area (TPSA) is 81.3 Å². The first kappa shape index (κ1) is 10.1. The van der Waals surface area contributed by atoms with E-state index in [1.165, 1.54) is 11.3 Å². The first-order chi connectivity index (χ1) is 7.08. The van der Waals surface area contributed by atoms with Crippen molar-refractivity contribution in [2.45, 2.75) is 24.4 Å². The Morgan fingerprint density at radius 2 is 2.33 bits per heavy atom. The lowest BCUT2D eigenvalue weighted by Gasteiger charge is -2.40. The molecule has 1 saturated carbocycles. The van der Waals surface area contributed by atoms with E-state index in [4.69, 9.17) is 10.4 Å². The van der Waals surface area contributed by atoms with Gasteiger partial charge >= 0.3 is 5.97 Å². The molecule has 1 aliphatic carbocycles. The predicted octanol–water partition coefficient (Wildman–Crippen LogP) is 1.10. The molecule has 1 aliphatic rings. The smallest absolute Gasteiger partial charge is 0.315 e. The van der Waals surface area contributed by atoms with Crippen LogP contribution >= 0.6 is 11.3 Å². The largest absolute Gasteiger partial charge is 0.481 e. The van der Waals surface area contributed by atoms with Crippen LogP contribution < -0.4 is 0 Å². The van der Waals surface area contributed by atoms with Gasteiger partial charge < -0.3 is 10.2 Å². The lowest BCUT2D eigenvalue weighted by atomic mass is 9.66. The standard InChI is InChI=1S/C10H9NO3S/c11-4-6-1-8(15-5-6)10(9(13)14)2-7(12)3-10/h1,5,7,12H,2-3H2,(H,13,14). The van der Waals surface area contributed by atoms with Crippen LogP contribution in [0, 0.1) is 11.3 Å². The molecule has 5 heteroatoms. The van der Waals surface area contributed by atoms with E-state index in [0.29, 0.717) is 10.4 Å². The average molecular weight is 223 g/mol. The number of carboxylic acid groups (broad SMARTS) is 1. The number of hydrogen-bond donors (Lipinski definition) is 2. The minimum atomic E-state index is -0.959. The summed E-state index contributed by atoms with van der Waals surface area (Å²) in [6, 6.07) is 3.57. The van der Waals surface area contributed by atoms with Gasteiger partial charge in [0.05, 0.1) is 11.7 Å². The molecular weight excluding hydrogens is 214 g/mol. The predicted molar refractivity (Wildman–Crippen MR) is 53.6 cm³/mol. The number of carboxylic acids is 1. The third kappa shape index (κ3) is 1.42. The van der Waals surface area contributed by atoms with Crippen molar-refractivity contribution in [1.29, 1.82) is 5.26 Å². The van der Waals surface area contributed by atoms with Crippen LogP contribution in [0.1, 0.15) is 23.3 Å². The van der Waals surface area contributed by atoms with Crippen LogP contribution in [0.5, 0.6) is 0 Å². The van der Waals surface area contributed by atoms with Gasteiger partial charge in [-0.15, -0.1) is 11.3 Å². The van der Waals surface area contributed by atoms with Gasteiger partial charge in [-0.25, -0.2) is 0 Å². The molecule has 4 nitrogen and oxygen atoms in total. The zero-order valence-electron chi connectivity index (χ0n) is 7.80. The molecule has 15 heavy (non-hydrogen) atoms. The quantitative estimate of drug-likeness (QED) is 0.786. The Morgan fingerprint density at radius 1 is 1.67 bits per heavy atom. The van der Waals surface area contributed by atoms with Crippen LogP contribution in [-0.2, 0) is 10.2 Å². The highest BCUT2D eigenvalue weighted by Crippen LogP contribution is 2.46. The van der Waals surface area contributed by atoms with Gasteiger partial charge in [0, 0.05) is 10.3 Å². The number of carbonyl (C=O) groups is 1. The number of aliphatic carboxylic acids is 1. The maximum atomic E-state index is 11.2. The number of aliphatic hydroxyl groups is 1. The Hall–Kier alpha value is -1.38. The third-order valence-corrected chi connectivity index (χ3v) is 3.91. The second-order valence-electron chi connectivity index (χ2n) is 3.76. The molecule has 0 atom stereocenters. The van der Waals surface area contributed by atoms with Gasteiger partial charge in [0.15, 0.2) is 0 Å². The molecule has 0 bridgehead atoms. The van der Waals surface area contributed by atoms with E-state index in [1.807, 2.05) is 6.07 Å². The molecule has 0 saturated heterocycles. The molecule has 1 aromatic heterocycles. The van der Waals surface area contributed by atoms with Crippen molar-refractivity contribution < 1.29 is 15.0 Å². The third-order valence-electron chi connectivity index (χ3n) is 2.78. The van der Waals surface area contributed by atoms with Crippen LogP contribution in [0.25, 0.3) is 0 Å². The fourth-order valence-corrected chi connectivity index (χ4v) is 2.92. The van der Waals surface area contributed by atoms with Crippen molar-refractivity contribution in [1.82, 2.24) is 0 Å². The highest BCUT2D eigenvalue weighted by molar-refractivity contribution is 7.10. The van der Waals surface area contributed by atoms with Crippen molar-refractivity contribution in [2.24, 2.45) is 0 Å². The summed E-state index contributed by atoms with van der Waals surface area (Å²) in [7, 11) is 0. The van der Waals surface area contributed by atoms with Gasteiger partial charge in [-0.1, -0.05) is 0 Å². The summed E-state index contributed by atoms with van der Waals surface area (Å²) in [6.45, 7) is 0. The van der Waals surface area contributed by atoms with Gasteiger partial charge in [0.25, 0.3) is 0 Å². The van der Waals surface area contributed by atoms with E-state index in [-0.39, 0.29) is 12.8 Å². The Labute approximate surface area is 90.4 Å². The van der Waals surface area contributed by atoms with E-state index in [9.17, 15) is 9.90 Å². The summed E-state index contributed by atoms with van der Waals surface area (Å²) < 4.78 is 0. The zero-order chi connectivity index (χ0) is 11.1. The van der Waals surface area contributed by atoms with Crippen LogP contribution in [0.4, 0.5) is 0 Å². The van der Waals surface area contributed by atoms with E-state index < -0.39 is 17.5 Å². The first-order valence-electron chi connectivity index (χ1n) is 4.49. The number of aliphatic hydroxyl groups excluding tert-OH is 1. The minimum Gasteiger partial charge on any atom is -0.481 e. The lowest BCUT2D eigenvalue weighted by Crippen LogP contribution is -2.50. The van der Waals surface area contributed by atoms with Crippen molar-refractivity contribution >= 4 is 17.3 Å². The van der Waals surface area contributed by atoms with Gasteiger partial charge in [-0.2, -0.15) is 5.26 Å². The molecule has 1 aromatic rings. The number of thiophene rings is 1. The molecule has 0 amide bonds. The molecule has 1 fully saturated rings. The highest BCUT2D eigenvalue weighted by Gasteiger charge is 2.52. The summed E-state index contributed by atoms with van der Waals surface area (Å²) in [5, 5.41) is 28.7. The molecule has 0 aromatic carbocycles. The Balaban J connectivity index is 2.35. The molecule has 1 heterocycles. The summed E-state index contributed by atoms with van der Waals surface area (Å²) in [4.78, 5) is 11.8. The van der Waals surface area contributed by atoms with E-state index >= 15 is 0 Å². The number of nitrogens with zero attached hydrogens (tertiary/aromatic N) is 1. The second kappa shape index (κ2) is 3.33. The summed E-state index contributed by atoms with van der Waals surface area (Å²) in [5.41, 5.74) is -0.476. The van der Waals surface area contributed by atoms with Crippen LogP contribution in [0.3, 0.4) is 0 Å². The number of hydrogen-bond acceptors (Lipinski definition) is 4. The molecule has 0 spiro atoms. The maximum Gasteiger partial charge on any atom is 0.315 e. The number of nitriles is 1. The van der Waals surface area contributed by atoms with Crippen molar-refractivity contribution in [3.8, 4) is 6.07 Å². The monoisotopic (exact) mass is 223 g/mol. The Kier molecular flexibility index (Phi) is 2.25. The summed E-state index contributed by atoms with van der Waals surface area (Å²) >= 11 is 1.27. The molecule has 0 radical (unpaired) electrons. The molecule has 0 aliphatic heterocycles. The molecule has 2 rings (SSSR count). The molecular formula is C10H9NO3S. The lowest BCUT2D eigenvalue weighted by molar-refractivity contribution is -0.152. The summed E-state index contributed by atoms with van der Waals surface area (Å²) in [6.07, 6.45) is -0.0460. The Bertz CT molecular complexity index is 440. The van der Waals surface area contributed by atoms with Gasteiger partial charge in [0.1, 0.15) is 11.5 Å². The zero-order valence-corrected chi connectivity index (χ0v) is 8.62. The fourth-order valence-electron chi connectivity index (χ4n) is 1.87. The highest BCUT2D eigenvalue weighted by atomic mass is 32.1. The van der Waals surface area contributed by atoms with E-state index in [2.05, 4.69) is 0 Å². The van der Waals surface area contributed by atoms with E-state index in [1.54, 1.807) is 11.4 Å². The average Bonchev–Trinajstić information content (AvgIpc) is 2.60. The molecule has 0 unspecified atom stereocenters. The van der Waals surface area contributed by atoms with Gasteiger partial charge in [0.2, 0.25) is 0 Å². The van der Waals surface area contributed by atoms with Gasteiger partial charge in [-0.3, -0.25) is 4.79 Å². The van der Waals surface area contributed by atoms with Crippen LogP contribution in [0.15, 0.2) is 11.4 Å². The fraction of sp³-hybridized carbons (Fsp3) is 0.400. The normalized spacial score (nSPS) is 29.2. The van der Waals surface area contributed by atoms with Crippen molar-refractivity contribution in [2.75, 3.05) is 0 Å². The van der Waals surface area contributed by atoms with Crippen molar-refractivity contribution in [3.63, 3.8) is 0 Å². The Morgan fingerprint density at radius 3 is 2.73 bits per heavy atom. The molecule has 2 N–H and O–H groups in total. The van der Waals surface area contributed by atoms with Crippen LogP contribution in [-0.4, -0.2) is 22.3 Å². The first-order valence-corrected chi connectivity index (χ1v) is 5.37. The SMILES string of the molecule is N#Cc1csc(C2(C(=O)O)CC(O)C2)c1. The van der Waals surface area contributed by atoms with Gasteiger partial charge in [-0.05, 0) is 18.9 Å². The van der Waals surface area contributed by atoms with E-state index in [0.717, 1.165) is 0 Å². The number of rotatable bonds is 2. The minimum absolute atomic E-state index is 0.244. The maximum absolute atomic E-state index is 11.2. The second-order valence-corrected chi connectivity index (χ2v) is 4.67. The summed E-state index contributed by atoms with van der Waals surface area (Å²) in [5.74, 6) is -0.917. The van der Waals surface area contributed by atoms with Crippen LogP contribution in [0.2, 0.25) is 0 Å². The molecule has 78 valence electrons.